The van der Waals surface area contributed by atoms with E-state index in [0.717, 1.165) is 22.3 Å². The van der Waals surface area contributed by atoms with Gasteiger partial charge in [-0.3, -0.25) is 4.79 Å². The molecule has 3 atom stereocenters. The van der Waals surface area contributed by atoms with E-state index in [4.69, 9.17) is 4.74 Å². The van der Waals surface area contributed by atoms with Crippen molar-refractivity contribution in [3.63, 3.8) is 0 Å². The summed E-state index contributed by atoms with van der Waals surface area (Å²) < 4.78 is 33.7. The van der Waals surface area contributed by atoms with Crippen molar-refractivity contribution in [1.82, 2.24) is 10.6 Å². The molecule has 2 amide bonds. The number of hydrogen-bond donors (Lipinski definition) is 3. The fraction of sp³-hybridized carbons (Fsp3) is 0.400. The first-order valence-electron chi connectivity index (χ1n) is 11.1. The highest BCUT2D eigenvalue weighted by Crippen LogP contribution is 2.55. The molecule has 180 valence electrons. The van der Waals surface area contributed by atoms with Gasteiger partial charge in [0.15, 0.2) is 0 Å². The average molecular weight is 472 g/mol. The van der Waals surface area contributed by atoms with Crippen molar-refractivity contribution >= 4 is 18.0 Å². The molecular formula is C25H26F2N2O5. The number of amides is 2. The van der Waals surface area contributed by atoms with Gasteiger partial charge in [0.1, 0.15) is 18.1 Å². The van der Waals surface area contributed by atoms with Crippen LogP contribution < -0.4 is 10.6 Å². The number of carbonyl (C=O) groups is 3. The van der Waals surface area contributed by atoms with Crippen LogP contribution in [0.5, 0.6) is 0 Å². The second-order valence-corrected chi connectivity index (χ2v) is 8.95. The zero-order chi connectivity index (χ0) is 24.7. The average Bonchev–Trinajstić information content (AvgIpc) is 3.22. The van der Waals surface area contributed by atoms with Crippen molar-refractivity contribution < 1.29 is 33.0 Å². The number of alkyl carbamates (subject to hydrolysis) is 1. The van der Waals surface area contributed by atoms with E-state index in [0.29, 0.717) is 0 Å². The maximum Gasteiger partial charge on any atom is 0.407 e. The van der Waals surface area contributed by atoms with E-state index in [2.05, 4.69) is 10.6 Å². The number of carbonyl (C=O) groups excluding carboxylic acids is 2. The van der Waals surface area contributed by atoms with Gasteiger partial charge < -0.3 is 20.5 Å². The predicted molar refractivity (Wildman–Crippen MR) is 119 cm³/mol. The fourth-order valence-electron chi connectivity index (χ4n) is 4.49. The Balaban J connectivity index is 1.33. The molecule has 9 heteroatoms. The van der Waals surface area contributed by atoms with Crippen molar-refractivity contribution in [2.75, 3.05) is 13.2 Å². The Kier molecular flexibility index (Phi) is 6.05. The molecule has 2 aromatic rings. The summed E-state index contributed by atoms with van der Waals surface area (Å²) in [7, 11) is 0. The maximum absolute atomic E-state index is 14.2. The minimum Gasteiger partial charge on any atom is -0.480 e. The molecular weight excluding hydrogens is 446 g/mol. The van der Waals surface area contributed by atoms with Crippen LogP contribution in [0.3, 0.4) is 0 Å². The molecule has 0 aliphatic heterocycles. The van der Waals surface area contributed by atoms with Crippen LogP contribution in [0.15, 0.2) is 48.5 Å². The molecule has 34 heavy (non-hydrogen) atoms. The Morgan fingerprint density at radius 2 is 1.62 bits per heavy atom. The number of carboxylic acid groups (broad SMARTS) is 1. The molecule has 2 aliphatic carbocycles. The summed E-state index contributed by atoms with van der Waals surface area (Å²) in [5.41, 5.74) is 2.55. The van der Waals surface area contributed by atoms with Gasteiger partial charge in [0.25, 0.3) is 5.92 Å². The molecule has 1 saturated carbocycles. The second kappa shape index (κ2) is 8.70. The van der Waals surface area contributed by atoms with Gasteiger partial charge in [-0.15, -0.1) is 0 Å². The van der Waals surface area contributed by atoms with Gasteiger partial charge >= 0.3 is 12.1 Å². The standard InChI is InChI=1S/C25H26F2N2O5/c1-3-24(2,22(31)32)29-21(30)20-19(25(20,26)27)12-28-23(33)34-13-18-16-10-6-4-8-14(16)15-9-5-7-11-17(15)18/h4-11,18-20H,3,12-13H2,1-2H3,(H,28,33)(H,29,30)(H,31,32). The van der Waals surface area contributed by atoms with Crippen LogP contribution in [0.1, 0.15) is 37.3 Å². The molecule has 0 saturated heterocycles. The highest BCUT2D eigenvalue weighted by Gasteiger charge is 2.72. The van der Waals surface area contributed by atoms with E-state index < -0.39 is 47.8 Å². The van der Waals surface area contributed by atoms with Crippen LogP contribution in [0.2, 0.25) is 0 Å². The first-order valence-corrected chi connectivity index (χ1v) is 11.1. The summed E-state index contributed by atoms with van der Waals surface area (Å²) in [5, 5.41) is 13.8. The number of alkyl halides is 2. The van der Waals surface area contributed by atoms with Crippen LogP contribution in [0, 0.1) is 11.8 Å². The van der Waals surface area contributed by atoms with Crippen LogP contribution >= 0.6 is 0 Å². The summed E-state index contributed by atoms with van der Waals surface area (Å²) in [6, 6.07) is 15.6. The summed E-state index contributed by atoms with van der Waals surface area (Å²) in [4.78, 5) is 35.9. The molecule has 0 heterocycles. The number of ether oxygens (including phenoxy) is 1. The highest BCUT2D eigenvalue weighted by molar-refractivity contribution is 5.90. The molecule has 7 nitrogen and oxygen atoms in total. The lowest BCUT2D eigenvalue weighted by Crippen LogP contribution is -2.52. The van der Waals surface area contributed by atoms with E-state index in [1.54, 1.807) is 0 Å². The number of carboxylic acids is 1. The highest BCUT2D eigenvalue weighted by atomic mass is 19.3. The van der Waals surface area contributed by atoms with Gasteiger partial charge in [0, 0.05) is 12.5 Å². The monoisotopic (exact) mass is 472 g/mol. The molecule has 2 aliphatic rings. The Labute approximate surface area is 195 Å². The van der Waals surface area contributed by atoms with Crippen molar-refractivity contribution in [3.05, 3.63) is 59.7 Å². The smallest absolute Gasteiger partial charge is 0.407 e. The van der Waals surface area contributed by atoms with Crippen LogP contribution in [0.25, 0.3) is 11.1 Å². The lowest BCUT2D eigenvalue weighted by Gasteiger charge is -2.24. The second-order valence-electron chi connectivity index (χ2n) is 8.95. The third-order valence-corrected chi connectivity index (χ3v) is 6.87. The van der Waals surface area contributed by atoms with Crippen LogP contribution in [0.4, 0.5) is 13.6 Å². The number of nitrogens with one attached hydrogen (secondary N) is 2. The summed E-state index contributed by atoms with van der Waals surface area (Å²) >= 11 is 0. The number of benzene rings is 2. The van der Waals surface area contributed by atoms with E-state index in [-0.39, 0.29) is 18.9 Å². The SMILES string of the molecule is CCC(C)(NC(=O)C1C(CNC(=O)OCC2c3ccccc3-c3ccccc32)C1(F)F)C(=O)O. The van der Waals surface area contributed by atoms with Crippen molar-refractivity contribution in [2.24, 2.45) is 11.8 Å². The maximum atomic E-state index is 14.2. The molecule has 3 N–H and O–H groups in total. The van der Waals surface area contributed by atoms with E-state index in [1.165, 1.54) is 13.8 Å². The number of rotatable bonds is 8. The Hall–Kier alpha value is -3.49. The first kappa shape index (κ1) is 23.7. The van der Waals surface area contributed by atoms with Crippen molar-refractivity contribution in [2.45, 2.75) is 37.6 Å². The summed E-state index contributed by atoms with van der Waals surface area (Å²) in [6.07, 6.45) is -0.817. The van der Waals surface area contributed by atoms with Crippen LogP contribution in [-0.2, 0) is 14.3 Å². The Bertz CT molecular complexity index is 1090. The Morgan fingerprint density at radius 3 is 2.15 bits per heavy atom. The normalized spacial score (nSPS) is 21.5. The molecule has 0 radical (unpaired) electrons. The first-order chi connectivity index (χ1) is 16.1. The van der Waals surface area contributed by atoms with Gasteiger partial charge in [-0.1, -0.05) is 55.5 Å². The number of fused-ring (bicyclic) bond motifs is 3. The molecule has 4 rings (SSSR count). The zero-order valence-corrected chi connectivity index (χ0v) is 18.8. The van der Waals surface area contributed by atoms with Gasteiger partial charge in [-0.2, -0.15) is 0 Å². The largest absolute Gasteiger partial charge is 0.480 e. The van der Waals surface area contributed by atoms with Gasteiger partial charge in [-0.25, -0.2) is 18.4 Å². The van der Waals surface area contributed by atoms with Crippen LogP contribution in [-0.4, -0.2) is 47.7 Å². The number of halogens is 2. The predicted octanol–water partition coefficient (Wildman–Crippen LogP) is 3.78. The van der Waals surface area contributed by atoms with E-state index in [9.17, 15) is 28.3 Å². The molecule has 0 bridgehead atoms. The number of hydrogen-bond acceptors (Lipinski definition) is 4. The van der Waals surface area contributed by atoms with E-state index in [1.807, 2.05) is 48.5 Å². The third-order valence-electron chi connectivity index (χ3n) is 6.87. The summed E-state index contributed by atoms with van der Waals surface area (Å²) in [5.74, 6) is -8.98. The summed E-state index contributed by atoms with van der Waals surface area (Å²) in [6.45, 7) is 2.38. The minimum atomic E-state index is -3.34. The third kappa shape index (κ3) is 4.10. The zero-order valence-electron chi connectivity index (χ0n) is 18.8. The van der Waals surface area contributed by atoms with Gasteiger partial charge in [-0.05, 0) is 35.6 Å². The molecule has 0 aromatic heterocycles. The number of aliphatic carboxylic acids is 1. The Morgan fingerprint density at radius 1 is 1.06 bits per heavy atom. The minimum absolute atomic E-state index is 0.0367. The van der Waals surface area contributed by atoms with E-state index >= 15 is 0 Å². The topological polar surface area (TPSA) is 105 Å². The molecule has 0 spiro atoms. The molecule has 1 fully saturated rings. The lowest BCUT2D eigenvalue weighted by molar-refractivity contribution is -0.147. The van der Waals surface area contributed by atoms with Crippen molar-refractivity contribution in [1.29, 1.82) is 0 Å². The molecule has 2 aromatic carbocycles. The molecule has 3 unspecified atom stereocenters. The fourth-order valence-corrected chi connectivity index (χ4v) is 4.49. The van der Waals surface area contributed by atoms with Gasteiger partial charge in [0.2, 0.25) is 5.91 Å². The van der Waals surface area contributed by atoms with Crippen molar-refractivity contribution in [3.8, 4) is 11.1 Å². The quantitative estimate of drug-likeness (QED) is 0.543. The van der Waals surface area contributed by atoms with Gasteiger partial charge in [0.05, 0.1) is 5.92 Å². The lowest BCUT2D eigenvalue weighted by atomic mass is 9.98.